The van der Waals surface area contributed by atoms with E-state index in [0.29, 0.717) is 33.4 Å². The molecule has 0 radical (unpaired) electrons. The van der Waals surface area contributed by atoms with Crippen LogP contribution in [0.2, 0.25) is 0 Å². The second-order valence-electron chi connectivity index (χ2n) is 8.19. The van der Waals surface area contributed by atoms with Gasteiger partial charge in [0.05, 0.1) is 30.7 Å². The molecule has 1 atom stereocenters. The maximum Gasteiger partial charge on any atom is 0.312 e. The first kappa shape index (κ1) is 20.9. The molecule has 8 heteroatoms. The highest BCUT2D eigenvalue weighted by molar-refractivity contribution is 6.15. The monoisotopic (exact) mass is 467 g/mol. The van der Waals surface area contributed by atoms with Crippen LogP contribution in [0.25, 0.3) is 17.0 Å². The van der Waals surface area contributed by atoms with Crippen LogP contribution in [0.1, 0.15) is 39.4 Å². The number of carbonyl (C=O) groups excluding carboxylic acids is 2. The number of methoxy groups -OCH3 is 1. The molecule has 4 heterocycles. The van der Waals surface area contributed by atoms with Crippen LogP contribution in [0.15, 0.2) is 76.1 Å². The fourth-order valence-electron chi connectivity index (χ4n) is 4.48. The minimum atomic E-state index is -0.724. The van der Waals surface area contributed by atoms with Gasteiger partial charge in [0.25, 0.3) is 0 Å². The van der Waals surface area contributed by atoms with Crippen molar-refractivity contribution in [3.05, 3.63) is 99.4 Å². The molecule has 0 N–H and O–H groups in total. The molecule has 2 aliphatic heterocycles. The summed E-state index contributed by atoms with van der Waals surface area (Å²) in [6.07, 6.45) is 6.09. The smallest absolute Gasteiger partial charge is 0.312 e. The number of benzene rings is 2. The van der Waals surface area contributed by atoms with Crippen LogP contribution in [-0.2, 0) is 4.79 Å². The lowest BCUT2D eigenvalue weighted by Gasteiger charge is -2.25. The Balaban J connectivity index is 1.51. The van der Waals surface area contributed by atoms with Gasteiger partial charge in [-0.2, -0.15) is 0 Å². The van der Waals surface area contributed by atoms with Crippen LogP contribution in [0, 0.1) is 0 Å². The fourth-order valence-corrected chi connectivity index (χ4v) is 4.48. The summed E-state index contributed by atoms with van der Waals surface area (Å²) in [5, 5.41) is 0.323. The number of allylic oxidation sites excluding steroid dienone is 1. The van der Waals surface area contributed by atoms with E-state index in [0.717, 1.165) is 0 Å². The second kappa shape index (κ2) is 7.95. The molecule has 35 heavy (non-hydrogen) atoms. The van der Waals surface area contributed by atoms with Gasteiger partial charge in [-0.15, -0.1) is 0 Å². The number of carbonyl (C=O) groups is 2. The molecule has 0 bridgehead atoms. The van der Waals surface area contributed by atoms with Gasteiger partial charge in [-0.1, -0.05) is 6.07 Å². The third-order valence-electron chi connectivity index (χ3n) is 6.14. The molecular formula is C27H17NO7. The van der Waals surface area contributed by atoms with E-state index in [1.807, 2.05) is 0 Å². The molecule has 0 amide bonds. The Labute approximate surface area is 198 Å². The van der Waals surface area contributed by atoms with Crippen LogP contribution < -0.4 is 19.6 Å². The Morgan fingerprint density at radius 2 is 1.97 bits per heavy atom. The third-order valence-corrected chi connectivity index (χ3v) is 6.14. The number of fused-ring (bicyclic) bond motifs is 4. The van der Waals surface area contributed by atoms with E-state index in [1.165, 1.54) is 13.4 Å². The zero-order valence-corrected chi connectivity index (χ0v) is 18.4. The summed E-state index contributed by atoms with van der Waals surface area (Å²) in [5.74, 6) is -0.396. The Morgan fingerprint density at radius 1 is 1.09 bits per heavy atom. The lowest BCUT2D eigenvalue weighted by molar-refractivity contribution is -0.135. The first-order valence-electron chi connectivity index (χ1n) is 10.8. The van der Waals surface area contributed by atoms with Gasteiger partial charge >= 0.3 is 5.97 Å². The molecule has 0 aliphatic carbocycles. The van der Waals surface area contributed by atoms with E-state index in [4.69, 9.17) is 18.6 Å². The first-order valence-corrected chi connectivity index (χ1v) is 10.8. The minimum Gasteiger partial charge on any atom is -0.497 e. The van der Waals surface area contributed by atoms with E-state index < -0.39 is 11.9 Å². The number of hydrogen-bond acceptors (Lipinski definition) is 8. The highest BCUT2D eigenvalue weighted by Gasteiger charge is 2.39. The van der Waals surface area contributed by atoms with Gasteiger partial charge in [0, 0.05) is 29.4 Å². The van der Waals surface area contributed by atoms with Gasteiger partial charge in [0.15, 0.2) is 11.2 Å². The quantitative estimate of drug-likeness (QED) is 0.250. The molecule has 6 rings (SSSR count). The van der Waals surface area contributed by atoms with Gasteiger partial charge in [-0.25, -0.2) is 0 Å². The average Bonchev–Trinajstić information content (AvgIpc) is 3.19. The Morgan fingerprint density at radius 3 is 2.77 bits per heavy atom. The minimum absolute atomic E-state index is 0.108. The Hall–Kier alpha value is -4.72. The van der Waals surface area contributed by atoms with Crippen molar-refractivity contribution >= 4 is 28.8 Å². The number of nitrogens with zero attached hydrogens (tertiary/aromatic N) is 1. The number of ether oxygens (including phenoxy) is 3. The SMILES string of the molecule is COc1ccc2occ([C@H]3CC(=O)Oc4ccc5c(c43)O/C(=C\c3cccnc3)C5=O)c(=O)c2c1. The highest BCUT2D eigenvalue weighted by atomic mass is 16.5. The Bertz CT molecular complexity index is 1620. The summed E-state index contributed by atoms with van der Waals surface area (Å²) >= 11 is 0. The maximum absolute atomic E-state index is 13.5. The fraction of sp³-hybridized carbons (Fsp3) is 0.111. The predicted molar refractivity (Wildman–Crippen MR) is 125 cm³/mol. The number of esters is 1. The van der Waals surface area contributed by atoms with Crippen molar-refractivity contribution in [2.45, 2.75) is 12.3 Å². The van der Waals surface area contributed by atoms with Crippen molar-refractivity contribution < 1.29 is 28.2 Å². The van der Waals surface area contributed by atoms with Crippen molar-refractivity contribution in [2.24, 2.45) is 0 Å². The number of ketones is 1. The summed E-state index contributed by atoms with van der Waals surface area (Å²) in [6, 6.07) is 11.6. The van der Waals surface area contributed by atoms with E-state index in [2.05, 4.69) is 4.98 Å². The van der Waals surface area contributed by atoms with Crippen LogP contribution in [-0.4, -0.2) is 23.8 Å². The van der Waals surface area contributed by atoms with Crippen molar-refractivity contribution in [3.8, 4) is 17.2 Å². The molecule has 0 spiro atoms. The molecule has 2 aromatic carbocycles. The van der Waals surface area contributed by atoms with Crippen LogP contribution >= 0.6 is 0 Å². The molecule has 0 unspecified atom stereocenters. The number of Topliss-reactive ketones (excluding diaryl/α,β-unsaturated/α-hetero) is 1. The molecule has 8 nitrogen and oxygen atoms in total. The van der Waals surface area contributed by atoms with Gasteiger partial charge < -0.3 is 18.6 Å². The summed E-state index contributed by atoms with van der Waals surface area (Å²) in [4.78, 5) is 43.1. The molecule has 0 fully saturated rings. The summed E-state index contributed by atoms with van der Waals surface area (Å²) in [7, 11) is 1.51. The van der Waals surface area contributed by atoms with Crippen molar-refractivity contribution in [1.29, 1.82) is 0 Å². The lowest BCUT2D eigenvalue weighted by Crippen LogP contribution is -2.25. The Kier molecular flexibility index (Phi) is 4.74. The van der Waals surface area contributed by atoms with Gasteiger partial charge in [0.1, 0.15) is 22.8 Å². The molecule has 4 aromatic rings. The normalized spacial score (nSPS) is 17.6. The van der Waals surface area contributed by atoms with E-state index >= 15 is 0 Å². The summed E-state index contributed by atoms with van der Waals surface area (Å²) in [6.45, 7) is 0. The second-order valence-corrected chi connectivity index (χ2v) is 8.19. The van der Waals surface area contributed by atoms with Crippen molar-refractivity contribution in [3.63, 3.8) is 0 Å². The molecular weight excluding hydrogens is 450 g/mol. The number of rotatable bonds is 3. The number of pyridine rings is 1. The average molecular weight is 467 g/mol. The van der Waals surface area contributed by atoms with E-state index in [1.54, 1.807) is 60.9 Å². The summed E-state index contributed by atoms with van der Waals surface area (Å²) in [5.41, 5.74) is 1.84. The van der Waals surface area contributed by atoms with E-state index in [9.17, 15) is 14.4 Å². The van der Waals surface area contributed by atoms with Gasteiger partial charge in [-0.3, -0.25) is 19.4 Å². The van der Waals surface area contributed by atoms with Crippen molar-refractivity contribution in [1.82, 2.24) is 4.98 Å². The zero-order valence-electron chi connectivity index (χ0n) is 18.4. The molecule has 2 aromatic heterocycles. The summed E-state index contributed by atoms with van der Waals surface area (Å²) < 4.78 is 22.4. The van der Waals surface area contributed by atoms with Crippen LogP contribution in [0.5, 0.6) is 17.2 Å². The molecule has 0 saturated heterocycles. The number of hydrogen-bond donors (Lipinski definition) is 0. The van der Waals surface area contributed by atoms with E-state index in [-0.39, 0.29) is 40.5 Å². The maximum atomic E-state index is 13.5. The molecule has 0 saturated carbocycles. The first-order chi connectivity index (χ1) is 17.0. The molecule has 172 valence electrons. The standard InChI is InChI=1S/C27H17NO7/c1-32-15-4-6-20-18(10-15)25(30)19(13-33-20)17-11-23(29)34-21-7-5-16-26(31)22(35-27(16)24(17)21)9-14-3-2-8-28-12-14/h2-10,12-13,17H,11H2,1H3/b22-9-/t17-/m1/s1. The zero-order chi connectivity index (χ0) is 24.1. The largest absolute Gasteiger partial charge is 0.497 e. The van der Waals surface area contributed by atoms with Crippen molar-refractivity contribution in [2.75, 3.05) is 7.11 Å². The lowest BCUT2D eigenvalue weighted by atomic mass is 9.85. The third kappa shape index (κ3) is 3.38. The van der Waals surface area contributed by atoms with Crippen LogP contribution in [0.4, 0.5) is 0 Å². The van der Waals surface area contributed by atoms with Gasteiger partial charge in [0.2, 0.25) is 5.78 Å². The number of aromatic nitrogens is 1. The highest BCUT2D eigenvalue weighted by Crippen LogP contribution is 2.48. The van der Waals surface area contributed by atoms with Crippen LogP contribution in [0.3, 0.4) is 0 Å². The van der Waals surface area contributed by atoms with Gasteiger partial charge in [-0.05, 0) is 48.0 Å². The topological polar surface area (TPSA) is 105 Å². The molecule has 2 aliphatic rings. The predicted octanol–water partition coefficient (Wildman–Crippen LogP) is 4.25.